The van der Waals surface area contributed by atoms with Gasteiger partial charge >= 0.3 is 0 Å². The molecule has 5 nitrogen and oxygen atoms in total. The van der Waals surface area contributed by atoms with Crippen LogP contribution in [0.3, 0.4) is 0 Å². The molecule has 0 radical (unpaired) electrons. The minimum Gasteiger partial charge on any atom is -0.374 e. The van der Waals surface area contributed by atoms with E-state index in [1.807, 2.05) is 19.9 Å². The van der Waals surface area contributed by atoms with Gasteiger partial charge in [-0.2, -0.15) is 0 Å². The summed E-state index contributed by atoms with van der Waals surface area (Å²) in [7, 11) is 0. The highest BCUT2D eigenvalue weighted by Crippen LogP contribution is 2.21. The standard InChI is InChI=1S/C11H14N4OS/c1-3-6-15-7(2)4-5-8(10(15)16)9-13-14-11(12)17-9/h4-5H,3,6H2,1-2H3,(H2,12,14). The zero-order chi connectivity index (χ0) is 12.4. The number of rotatable bonds is 3. The molecule has 0 saturated carbocycles. The van der Waals surface area contributed by atoms with Crippen molar-refractivity contribution in [3.8, 4) is 10.6 Å². The fourth-order valence-electron chi connectivity index (χ4n) is 1.68. The summed E-state index contributed by atoms with van der Waals surface area (Å²) in [4.78, 5) is 12.3. The van der Waals surface area contributed by atoms with Crippen molar-refractivity contribution in [2.45, 2.75) is 26.8 Å². The Morgan fingerprint density at radius 2 is 2.18 bits per heavy atom. The Bertz CT molecular complexity index is 587. The van der Waals surface area contributed by atoms with Crippen LogP contribution in [0.2, 0.25) is 0 Å². The molecular formula is C11H14N4OS. The van der Waals surface area contributed by atoms with E-state index in [9.17, 15) is 4.79 Å². The molecule has 2 heterocycles. The summed E-state index contributed by atoms with van der Waals surface area (Å²) < 4.78 is 1.76. The van der Waals surface area contributed by atoms with Crippen LogP contribution in [0.15, 0.2) is 16.9 Å². The van der Waals surface area contributed by atoms with Crippen LogP contribution < -0.4 is 11.3 Å². The van der Waals surface area contributed by atoms with Gasteiger partial charge in [0.15, 0.2) is 5.01 Å². The van der Waals surface area contributed by atoms with E-state index in [0.29, 0.717) is 22.2 Å². The van der Waals surface area contributed by atoms with E-state index in [4.69, 9.17) is 5.73 Å². The summed E-state index contributed by atoms with van der Waals surface area (Å²) in [5, 5.41) is 8.60. The van der Waals surface area contributed by atoms with E-state index < -0.39 is 0 Å². The molecule has 0 atom stereocenters. The summed E-state index contributed by atoms with van der Waals surface area (Å²) in [6.45, 7) is 4.68. The quantitative estimate of drug-likeness (QED) is 0.899. The summed E-state index contributed by atoms with van der Waals surface area (Å²) in [5.41, 5.74) is 7.03. The highest BCUT2D eigenvalue weighted by molar-refractivity contribution is 7.18. The van der Waals surface area contributed by atoms with Gasteiger partial charge in [0.05, 0.1) is 5.56 Å². The van der Waals surface area contributed by atoms with Gasteiger partial charge in [0.1, 0.15) is 0 Å². The number of hydrogen-bond donors (Lipinski definition) is 1. The summed E-state index contributed by atoms with van der Waals surface area (Å²) in [5.74, 6) is 0. The third-order valence-electron chi connectivity index (χ3n) is 2.51. The zero-order valence-corrected chi connectivity index (χ0v) is 10.6. The molecule has 90 valence electrons. The van der Waals surface area contributed by atoms with Gasteiger partial charge in [0.25, 0.3) is 5.56 Å². The largest absolute Gasteiger partial charge is 0.374 e. The van der Waals surface area contributed by atoms with E-state index in [0.717, 1.165) is 12.1 Å². The molecule has 0 aliphatic rings. The normalized spacial score (nSPS) is 10.7. The molecule has 2 aromatic rings. The third kappa shape index (κ3) is 2.21. The fraction of sp³-hybridized carbons (Fsp3) is 0.364. The summed E-state index contributed by atoms with van der Waals surface area (Å²) >= 11 is 1.23. The lowest BCUT2D eigenvalue weighted by Crippen LogP contribution is -2.23. The fourth-order valence-corrected chi connectivity index (χ4v) is 2.31. The van der Waals surface area contributed by atoms with Crippen molar-refractivity contribution in [2.24, 2.45) is 0 Å². The van der Waals surface area contributed by atoms with Crippen LogP contribution >= 0.6 is 11.3 Å². The average Bonchev–Trinajstić information content (AvgIpc) is 2.71. The number of nitrogens with zero attached hydrogens (tertiary/aromatic N) is 3. The minimum atomic E-state index is -0.0250. The van der Waals surface area contributed by atoms with Crippen molar-refractivity contribution in [3.63, 3.8) is 0 Å². The lowest BCUT2D eigenvalue weighted by atomic mass is 10.2. The predicted molar refractivity (Wildman–Crippen MR) is 69.0 cm³/mol. The molecule has 2 aromatic heterocycles. The molecular weight excluding hydrogens is 236 g/mol. The molecule has 17 heavy (non-hydrogen) atoms. The second kappa shape index (κ2) is 4.67. The van der Waals surface area contributed by atoms with Crippen LogP contribution in [0.25, 0.3) is 10.6 Å². The molecule has 0 saturated heterocycles. The van der Waals surface area contributed by atoms with Gasteiger partial charge in [-0.15, -0.1) is 10.2 Å². The Hall–Kier alpha value is -1.69. The SMILES string of the molecule is CCCn1c(C)ccc(-c2nnc(N)s2)c1=O. The van der Waals surface area contributed by atoms with Crippen molar-refractivity contribution in [2.75, 3.05) is 5.73 Å². The lowest BCUT2D eigenvalue weighted by Gasteiger charge is -2.09. The highest BCUT2D eigenvalue weighted by atomic mass is 32.1. The second-order valence-electron chi connectivity index (χ2n) is 3.79. The third-order valence-corrected chi connectivity index (χ3v) is 3.30. The molecule has 2 N–H and O–H groups in total. The number of aryl methyl sites for hydroxylation is 1. The predicted octanol–water partition coefficient (Wildman–Crippen LogP) is 1.67. The molecule has 0 bridgehead atoms. The van der Waals surface area contributed by atoms with Crippen molar-refractivity contribution >= 4 is 16.5 Å². The lowest BCUT2D eigenvalue weighted by molar-refractivity contribution is 0.636. The number of anilines is 1. The zero-order valence-electron chi connectivity index (χ0n) is 9.80. The van der Waals surface area contributed by atoms with Gasteiger partial charge < -0.3 is 10.3 Å². The Labute approximate surface area is 103 Å². The van der Waals surface area contributed by atoms with Crippen LogP contribution in [0, 0.1) is 6.92 Å². The molecule has 0 spiro atoms. The Balaban J connectivity index is 2.57. The van der Waals surface area contributed by atoms with Crippen LogP contribution in [0.1, 0.15) is 19.0 Å². The maximum atomic E-state index is 12.3. The summed E-state index contributed by atoms with van der Waals surface area (Å²) in [6.07, 6.45) is 0.919. The first kappa shape index (κ1) is 11.8. The van der Waals surface area contributed by atoms with E-state index in [2.05, 4.69) is 10.2 Å². The van der Waals surface area contributed by atoms with Gasteiger partial charge in [0.2, 0.25) is 5.13 Å². The van der Waals surface area contributed by atoms with Crippen LogP contribution in [0.4, 0.5) is 5.13 Å². The Morgan fingerprint density at radius 1 is 1.41 bits per heavy atom. The van der Waals surface area contributed by atoms with Gasteiger partial charge in [-0.3, -0.25) is 4.79 Å². The number of hydrogen-bond acceptors (Lipinski definition) is 5. The second-order valence-corrected chi connectivity index (χ2v) is 4.80. The Kier molecular flexibility index (Phi) is 3.23. The molecule has 6 heteroatoms. The average molecular weight is 250 g/mol. The molecule has 0 unspecified atom stereocenters. The smallest absolute Gasteiger partial charge is 0.261 e. The van der Waals surface area contributed by atoms with E-state index in [-0.39, 0.29) is 5.56 Å². The number of nitrogens with two attached hydrogens (primary N) is 1. The molecule has 0 aliphatic carbocycles. The highest BCUT2D eigenvalue weighted by Gasteiger charge is 2.11. The van der Waals surface area contributed by atoms with Crippen molar-refractivity contribution < 1.29 is 0 Å². The van der Waals surface area contributed by atoms with Crippen LogP contribution in [0.5, 0.6) is 0 Å². The van der Waals surface area contributed by atoms with E-state index >= 15 is 0 Å². The maximum Gasteiger partial charge on any atom is 0.261 e. The van der Waals surface area contributed by atoms with E-state index in [1.165, 1.54) is 11.3 Å². The topological polar surface area (TPSA) is 73.8 Å². The van der Waals surface area contributed by atoms with Gasteiger partial charge in [0, 0.05) is 12.2 Å². The molecule has 0 aromatic carbocycles. The molecule has 0 amide bonds. The summed E-state index contributed by atoms with van der Waals surface area (Å²) in [6, 6.07) is 3.70. The number of aromatic nitrogens is 3. The monoisotopic (exact) mass is 250 g/mol. The van der Waals surface area contributed by atoms with Crippen molar-refractivity contribution in [1.82, 2.24) is 14.8 Å². The van der Waals surface area contributed by atoms with Gasteiger partial charge in [-0.05, 0) is 25.5 Å². The van der Waals surface area contributed by atoms with Crippen molar-refractivity contribution in [1.29, 1.82) is 0 Å². The molecule has 0 aliphatic heterocycles. The first-order valence-corrected chi connectivity index (χ1v) is 6.25. The number of pyridine rings is 1. The van der Waals surface area contributed by atoms with Gasteiger partial charge in [-0.25, -0.2) is 0 Å². The first-order chi connectivity index (χ1) is 8.13. The minimum absolute atomic E-state index is 0.0250. The Morgan fingerprint density at radius 3 is 2.76 bits per heavy atom. The molecule has 0 fully saturated rings. The van der Waals surface area contributed by atoms with E-state index in [1.54, 1.807) is 10.6 Å². The van der Waals surface area contributed by atoms with Crippen LogP contribution in [-0.2, 0) is 6.54 Å². The van der Waals surface area contributed by atoms with Crippen molar-refractivity contribution in [3.05, 3.63) is 28.2 Å². The van der Waals surface area contributed by atoms with Crippen LogP contribution in [-0.4, -0.2) is 14.8 Å². The number of nitrogen functional groups attached to an aromatic ring is 1. The maximum absolute atomic E-state index is 12.3. The first-order valence-electron chi connectivity index (χ1n) is 5.43. The molecule has 2 rings (SSSR count). The van der Waals surface area contributed by atoms with Gasteiger partial charge in [-0.1, -0.05) is 18.3 Å².